The number of benzene rings is 2. The number of para-hydroxylation sites is 2. The fourth-order valence-corrected chi connectivity index (χ4v) is 4.11. The van der Waals surface area contributed by atoms with Crippen molar-refractivity contribution in [2.75, 3.05) is 13.1 Å². The molecule has 1 aliphatic heterocycles. The van der Waals surface area contributed by atoms with Crippen molar-refractivity contribution >= 4 is 16.9 Å². The van der Waals surface area contributed by atoms with E-state index in [0.29, 0.717) is 0 Å². The van der Waals surface area contributed by atoms with Crippen LogP contribution in [0.3, 0.4) is 0 Å². The van der Waals surface area contributed by atoms with E-state index < -0.39 is 0 Å². The zero-order chi connectivity index (χ0) is 19.5. The van der Waals surface area contributed by atoms with Crippen LogP contribution in [0.2, 0.25) is 0 Å². The van der Waals surface area contributed by atoms with Crippen molar-refractivity contribution < 1.29 is 4.79 Å². The number of piperidine rings is 1. The van der Waals surface area contributed by atoms with Crippen molar-refractivity contribution in [3.05, 3.63) is 66.0 Å². The molecule has 1 amide bonds. The molecule has 0 aliphatic carbocycles. The van der Waals surface area contributed by atoms with E-state index in [4.69, 9.17) is 4.98 Å². The zero-order valence-corrected chi connectivity index (χ0v) is 16.6. The largest absolute Gasteiger partial charge is 0.349 e. The molecule has 2 aromatic carbocycles. The minimum absolute atomic E-state index is 0.0314. The maximum absolute atomic E-state index is 12.8. The number of aryl methyl sites for hydroxylation is 1. The van der Waals surface area contributed by atoms with Gasteiger partial charge in [0.05, 0.1) is 29.5 Å². The Bertz CT molecular complexity index is 950. The molecule has 1 saturated heterocycles. The Kier molecular flexibility index (Phi) is 5.44. The van der Waals surface area contributed by atoms with E-state index in [1.54, 1.807) is 0 Å². The van der Waals surface area contributed by atoms with E-state index in [0.717, 1.165) is 54.9 Å². The molecule has 3 aromatic rings. The van der Waals surface area contributed by atoms with Gasteiger partial charge in [-0.2, -0.15) is 0 Å². The summed E-state index contributed by atoms with van der Waals surface area (Å²) < 4.78 is 2.16. The Morgan fingerprint density at radius 1 is 1.18 bits per heavy atom. The third kappa shape index (κ3) is 3.94. The quantitative estimate of drug-likeness (QED) is 0.739. The van der Waals surface area contributed by atoms with Crippen LogP contribution >= 0.6 is 0 Å². The van der Waals surface area contributed by atoms with Gasteiger partial charge in [-0.1, -0.05) is 42.5 Å². The third-order valence-electron chi connectivity index (χ3n) is 5.78. The van der Waals surface area contributed by atoms with Crippen molar-refractivity contribution in [1.29, 1.82) is 0 Å². The molecular weight excluding hydrogens is 348 g/mol. The average Bonchev–Trinajstić information content (AvgIpc) is 3.04. The summed E-state index contributed by atoms with van der Waals surface area (Å²) in [4.78, 5) is 20.0. The summed E-state index contributed by atoms with van der Waals surface area (Å²) in [6.07, 6.45) is 1.99. The van der Waals surface area contributed by atoms with Gasteiger partial charge in [-0.05, 0) is 44.0 Å². The molecule has 1 aromatic heterocycles. The highest BCUT2D eigenvalue weighted by Gasteiger charge is 2.27. The summed E-state index contributed by atoms with van der Waals surface area (Å²) in [5, 5.41) is 3.20. The van der Waals surface area contributed by atoms with E-state index in [1.165, 1.54) is 0 Å². The molecule has 1 aliphatic rings. The fraction of sp³-hybridized carbons (Fsp3) is 0.391. The summed E-state index contributed by atoms with van der Waals surface area (Å²) in [5.41, 5.74) is 3.33. The normalized spacial score (nSPS) is 18.9. The lowest BCUT2D eigenvalue weighted by molar-refractivity contribution is -0.127. The van der Waals surface area contributed by atoms with Crippen molar-refractivity contribution in [3.8, 4) is 0 Å². The summed E-state index contributed by atoms with van der Waals surface area (Å²) in [6, 6.07) is 18.4. The minimum Gasteiger partial charge on any atom is -0.349 e. The minimum atomic E-state index is 0.0314. The maximum atomic E-state index is 12.8. The van der Waals surface area contributed by atoms with Gasteiger partial charge >= 0.3 is 0 Å². The summed E-state index contributed by atoms with van der Waals surface area (Å²) in [6.45, 7) is 4.63. The van der Waals surface area contributed by atoms with Crippen molar-refractivity contribution in [2.24, 2.45) is 13.0 Å². The summed E-state index contributed by atoms with van der Waals surface area (Å²) in [7, 11) is 2.07. The van der Waals surface area contributed by atoms with Gasteiger partial charge in [-0.3, -0.25) is 9.69 Å². The Hall–Kier alpha value is -2.66. The van der Waals surface area contributed by atoms with Crippen molar-refractivity contribution in [3.63, 3.8) is 0 Å². The smallest absolute Gasteiger partial charge is 0.224 e. The van der Waals surface area contributed by atoms with Gasteiger partial charge in [-0.25, -0.2) is 4.98 Å². The van der Waals surface area contributed by atoms with Crippen LogP contribution in [-0.4, -0.2) is 33.4 Å². The molecule has 0 bridgehead atoms. The van der Waals surface area contributed by atoms with Crippen LogP contribution in [0.4, 0.5) is 0 Å². The van der Waals surface area contributed by atoms with Crippen molar-refractivity contribution in [2.45, 2.75) is 32.4 Å². The van der Waals surface area contributed by atoms with E-state index in [1.807, 2.05) is 37.3 Å². The van der Waals surface area contributed by atoms with Gasteiger partial charge in [0, 0.05) is 13.6 Å². The Morgan fingerprint density at radius 3 is 2.71 bits per heavy atom. The first-order valence-corrected chi connectivity index (χ1v) is 10.1. The molecular formula is C23H28N4O. The second-order valence-corrected chi connectivity index (χ2v) is 7.79. The molecule has 1 N–H and O–H groups in total. The number of carbonyl (C=O) groups excluding carboxylic acids is 1. The van der Waals surface area contributed by atoms with Crippen LogP contribution in [0.25, 0.3) is 11.0 Å². The molecule has 0 radical (unpaired) electrons. The number of amides is 1. The first-order valence-electron chi connectivity index (χ1n) is 10.1. The SMILES string of the molecule is C[C@H](NC(=O)[C@@H]1CCCN(Cc2nc3ccccc3n2C)C1)c1ccccc1. The molecule has 1 fully saturated rings. The van der Waals surface area contributed by atoms with E-state index in [-0.39, 0.29) is 17.9 Å². The van der Waals surface area contributed by atoms with Gasteiger partial charge in [0.1, 0.15) is 5.82 Å². The van der Waals surface area contributed by atoms with Crippen molar-refractivity contribution in [1.82, 2.24) is 19.8 Å². The lowest BCUT2D eigenvalue weighted by Crippen LogP contribution is -2.43. The van der Waals surface area contributed by atoms with Crippen LogP contribution < -0.4 is 5.32 Å². The Labute approximate surface area is 166 Å². The molecule has 0 unspecified atom stereocenters. The molecule has 28 heavy (non-hydrogen) atoms. The number of nitrogens with zero attached hydrogens (tertiary/aromatic N) is 3. The number of imidazole rings is 1. The van der Waals surface area contributed by atoms with Crippen LogP contribution in [0.1, 0.15) is 37.2 Å². The number of rotatable bonds is 5. The van der Waals surface area contributed by atoms with Crippen LogP contribution in [0, 0.1) is 5.92 Å². The Morgan fingerprint density at radius 2 is 1.93 bits per heavy atom. The molecule has 5 nitrogen and oxygen atoms in total. The number of fused-ring (bicyclic) bond motifs is 1. The standard InChI is InChI=1S/C23H28N4O/c1-17(18-9-4-3-5-10-18)24-23(28)19-11-8-14-27(15-19)16-22-25-20-12-6-7-13-21(20)26(22)2/h3-7,9-10,12-13,17,19H,8,11,14-16H2,1-2H3,(H,24,28)/t17-,19+/m0/s1. The second kappa shape index (κ2) is 8.15. The first-order chi connectivity index (χ1) is 13.6. The van der Waals surface area contributed by atoms with Crippen LogP contribution in [-0.2, 0) is 18.4 Å². The number of hydrogen-bond donors (Lipinski definition) is 1. The van der Waals surface area contributed by atoms with Crippen LogP contribution in [0.5, 0.6) is 0 Å². The van der Waals surface area contributed by atoms with Gasteiger partial charge in [-0.15, -0.1) is 0 Å². The average molecular weight is 377 g/mol. The molecule has 0 saturated carbocycles. The number of aromatic nitrogens is 2. The zero-order valence-electron chi connectivity index (χ0n) is 16.6. The van der Waals surface area contributed by atoms with E-state index in [9.17, 15) is 4.79 Å². The molecule has 0 spiro atoms. The lowest BCUT2D eigenvalue weighted by Gasteiger charge is -2.32. The van der Waals surface area contributed by atoms with Gasteiger partial charge in [0.25, 0.3) is 0 Å². The molecule has 2 atom stereocenters. The summed E-state index contributed by atoms with van der Waals surface area (Å²) >= 11 is 0. The highest BCUT2D eigenvalue weighted by molar-refractivity contribution is 5.79. The third-order valence-corrected chi connectivity index (χ3v) is 5.78. The molecule has 146 valence electrons. The lowest BCUT2D eigenvalue weighted by atomic mass is 9.96. The molecule has 5 heteroatoms. The van der Waals surface area contributed by atoms with Gasteiger partial charge in [0.15, 0.2) is 0 Å². The second-order valence-electron chi connectivity index (χ2n) is 7.79. The Balaban J connectivity index is 1.39. The van der Waals surface area contributed by atoms with E-state index >= 15 is 0 Å². The number of carbonyl (C=O) groups is 1. The monoisotopic (exact) mass is 376 g/mol. The number of hydrogen-bond acceptors (Lipinski definition) is 3. The predicted molar refractivity (Wildman–Crippen MR) is 112 cm³/mol. The molecule has 4 rings (SSSR count). The predicted octanol–water partition coefficient (Wildman–Crippen LogP) is 3.66. The highest BCUT2D eigenvalue weighted by Crippen LogP contribution is 2.22. The summed E-state index contributed by atoms with van der Waals surface area (Å²) in [5.74, 6) is 1.25. The molecule has 2 heterocycles. The maximum Gasteiger partial charge on any atom is 0.224 e. The van der Waals surface area contributed by atoms with E-state index in [2.05, 4.69) is 46.1 Å². The number of likely N-dealkylation sites (tertiary alicyclic amines) is 1. The van der Waals surface area contributed by atoms with Crippen LogP contribution in [0.15, 0.2) is 54.6 Å². The van der Waals surface area contributed by atoms with Gasteiger partial charge < -0.3 is 9.88 Å². The number of nitrogens with one attached hydrogen (secondary N) is 1. The first kappa shape index (κ1) is 18.7. The fourth-order valence-electron chi connectivity index (χ4n) is 4.11. The van der Waals surface area contributed by atoms with Gasteiger partial charge in [0.2, 0.25) is 5.91 Å². The highest BCUT2D eigenvalue weighted by atomic mass is 16.2. The topological polar surface area (TPSA) is 50.2 Å².